The number of benzene rings is 3. The monoisotopic (exact) mass is 407 g/mol. The molecule has 5 heteroatoms. The molecule has 158 valence electrons. The lowest BCUT2D eigenvalue weighted by Crippen LogP contribution is -2.22. The van der Waals surface area contributed by atoms with Crippen LogP contribution in [0, 0.1) is 0 Å². The molecular weight excluding hydrogens is 378 g/mol. The second-order valence-corrected chi connectivity index (χ2v) is 7.66. The fraction of sp³-hybridized carbons (Fsp3) is 0.360. The largest absolute Gasteiger partial charge is 0.493 e. The van der Waals surface area contributed by atoms with E-state index in [0.717, 1.165) is 42.4 Å². The number of hydrogen-bond donors (Lipinski definition) is 0. The molecule has 0 atom stereocenters. The molecule has 0 amide bonds. The van der Waals surface area contributed by atoms with E-state index in [-0.39, 0.29) is 0 Å². The SMILES string of the molecule is CCCc1cc2c(c3cc(OC)c(OC)cc13)N(C)Cc1cc(OC)c(OC)cc1-2. The minimum absolute atomic E-state index is 0.743. The molecule has 0 aromatic heterocycles. The molecule has 0 saturated heterocycles. The van der Waals surface area contributed by atoms with Crippen molar-refractivity contribution < 1.29 is 18.9 Å². The highest BCUT2D eigenvalue weighted by Crippen LogP contribution is 2.49. The van der Waals surface area contributed by atoms with Crippen molar-refractivity contribution in [3.8, 4) is 34.1 Å². The van der Waals surface area contributed by atoms with Gasteiger partial charge in [0.15, 0.2) is 23.0 Å². The van der Waals surface area contributed by atoms with Gasteiger partial charge in [0, 0.05) is 24.5 Å². The van der Waals surface area contributed by atoms with E-state index in [1.54, 1.807) is 28.4 Å². The van der Waals surface area contributed by atoms with Crippen molar-refractivity contribution in [3.63, 3.8) is 0 Å². The van der Waals surface area contributed by atoms with Crippen molar-refractivity contribution in [2.45, 2.75) is 26.3 Å². The molecule has 1 aliphatic rings. The van der Waals surface area contributed by atoms with Gasteiger partial charge in [0.2, 0.25) is 0 Å². The van der Waals surface area contributed by atoms with Crippen LogP contribution in [0.15, 0.2) is 30.3 Å². The molecule has 0 aliphatic carbocycles. The molecule has 4 rings (SSSR count). The number of aryl methyl sites for hydroxylation is 1. The molecule has 5 nitrogen and oxygen atoms in total. The summed E-state index contributed by atoms with van der Waals surface area (Å²) in [5, 5.41) is 2.39. The zero-order valence-corrected chi connectivity index (χ0v) is 18.6. The second kappa shape index (κ2) is 7.98. The van der Waals surface area contributed by atoms with E-state index in [1.807, 2.05) is 0 Å². The van der Waals surface area contributed by atoms with Gasteiger partial charge >= 0.3 is 0 Å². The number of rotatable bonds is 6. The van der Waals surface area contributed by atoms with Crippen LogP contribution in [-0.4, -0.2) is 35.5 Å². The molecule has 3 aromatic rings. The maximum absolute atomic E-state index is 5.63. The molecule has 1 aliphatic heterocycles. The predicted octanol–water partition coefficient (Wildman–Crippen LogP) is 5.44. The summed E-state index contributed by atoms with van der Waals surface area (Å²) < 4.78 is 22.4. The van der Waals surface area contributed by atoms with E-state index in [0.29, 0.717) is 0 Å². The topological polar surface area (TPSA) is 40.2 Å². The quantitative estimate of drug-likeness (QED) is 0.544. The fourth-order valence-corrected chi connectivity index (χ4v) is 4.54. The Morgan fingerprint density at radius 3 is 1.90 bits per heavy atom. The molecule has 0 radical (unpaired) electrons. The highest BCUT2D eigenvalue weighted by molar-refractivity contribution is 6.06. The smallest absolute Gasteiger partial charge is 0.161 e. The van der Waals surface area contributed by atoms with Gasteiger partial charge in [-0.25, -0.2) is 0 Å². The van der Waals surface area contributed by atoms with Crippen LogP contribution in [0.1, 0.15) is 24.5 Å². The average molecular weight is 408 g/mol. The van der Waals surface area contributed by atoms with Gasteiger partial charge in [-0.3, -0.25) is 0 Å². The molecule has 0 fully saturated rings. The van der Waals surface area contributed by atoms with Crippen LogP contribution in [0.2, 0.25) is 0 Å². The second-order valence-electron chi connectivity index (χ2n) is 7.66. The van der Waals surface area contributed by atoms with Gasteiger partial charge < -0.3 is 23.8 Å². The van der Waals surface area contributed by atoms with E-state index in [9.17, 15) is 0 Å². The Hall–Kier alpha value is -3.08. The van der Waals surface area contributed by atoms with Crippen molar-refractivity contribution >= 4 is 16.5 Å². The summed E-state index contributed by atoms with van der Waals surface area (Å²) in [5.74, 6) is 3.00. The van der Waals surface area contributed by atoms with Crippen LogP contribution >= 0.6 is 0 Å². The van der Waals surface area contributed by atoms with E-state index < -0.39 is 0 Å². The lowest BCUT2D eigenvalue weighted by molar-refractivity contribution is 0.354. The zero-order chi connectivity index (χ0) is 21.4. The van der Waals surface area contributed by atoms with Crippen LogP contribution in [0.25, 0.3) is 21.9 Å². The van der Waals surface area contributed by atoms with Crippen molar-refractivity contribution in [3.05, 3.63) is 41.5 Å². The van der Waals surface area contributed by atoms with Gasteiger partial charge in [-0.05, 0) is 58.8 Å². The first kappa shape index (κ1) is 20.2. The molecule has 0 N–H and O–H groups in total. The third-order valence-corrected chi connectivity index (χ3v) is 5.91. The van der Waals surface area contributed by atoms with E-state index in [4.69, 9.17) is 18.9 Å². The van der Waals surface area contributed by atoms with Gasteiger partial charge in [0.25, 0.3) is 0 Å². The normalized spacial score (nSPS) is 12.4. The van der Waals surface area contributed by atoms with Crippen LogP contribution in [0.3, 0.4) is 0 Å². The van der Waals surface area contributed by atoms with E-state index in [1.165, 1.54) is 38.7 Å². The summed E-state index contributed by atoms with van der Waals surface area (Å²) in [4.78, 5) is 2.30. The molecule has 3 aromatic carbocycles. The Bertz CT molecular complexity index is 1110. The summed E-state index contributed by atoms with van der Waals surface area (Å²) in [6.07, 6.45) is 2.06. The van der Waals surface area contributed by atoms with Crippen LogP contribution < -0.4 is 23.8 Å². The van der Waals surface area contributed by atoms with Crippen molar-refractivity contribution in [1.29, 1.82) is 0 Å². The summed E-state index contributed by atoms with van der Waals surface area (Å²) in [5.41, 5.74) is 6.14. The molecule has 30 heavy (non-hydrogen) atoms. The number of ether oxygens (including phenoxy) is 4. The predicted molar refractivity (Wildman–Crippen MR) is 122 cm³/mol. The Morgan fingerprint density at radius 1 is 0.733 bits per heavy atom. The fourth-order valence-electron chi connectivity index (χ4n) is 4.54. The van der Waals surface area contributed by atoms with Gasteiger partial charge in [0.05, 0.1) is 34.1 Å². The van der Waals surface area contributed by atoms with Crippen LogP contribution in [0.4, 0.5) is 5.69 Å². The number of hydrogen-bond acceptors (Lipinski definition) is 5. The summed E-state index contributed by atoms with van der Waals surface area (Å²) in [6, 6.07) is 10.7. The summed E-state index contributed by atoms with van der Waals surface area (Å²) >= 11 is 0. The third kappa shape index (κ3) is 3.09. The lowest BCUT2D eigenvalue weighted by Gasteiger charge is -2.32. The Labute approximate surface area is 178 Å². The first-order valence-electron chi connectivity index (χ1n) is 10.2. The maximum Gasteiger partial charge on any atom is 0.161 e. The summed E-state index contributed by atoms with van der Waals surface area (Å²) in [6.45, 7) is 3.00. The lowest BCUT2D eigenvalue weighted by atomic mass is 9.87. The Morgan fingerprint density at radius 2 is 1.30 bits per heavy atom. The number of nitrogens with zero attached hydrogens (tertiary/aromatic N) is 1. The Balaban J connectivity index is 2.08. The van der Waals surface area contributed by atoms with E-state index >= 15 is 0 Å². The molecule has 0 spiro atoms. The standard InChI is InChI=1S/C25H29NO4/c1-7-8-15-9-19-18-12-22(28-4)21(27-3)10-16(18)14-26(2)25(19)20-13-24(30-6)23(29-5)11-17(15)20/h9-13H,7-8,14H2,1-6H3. The van der Waals surface area contributed by atoms with Gasteiger partial charge in [-0.15, -0.1) is 0 Å². The summed E-state index contributed by atoms with van der Waals surface area (Å²) in [7, 11) is 8.86. The van der Waals surface area contributed by atoms with Crippen molar-refractivity contribution in [1.82, 2.24) is 0 Å². The minimum Gasteiger partial charge on any atom is -0.493 e. The van der Waals surface area contributed by atoms with E-state index in [2.05, 4.69) is 49.2 Å². The highest BCUT2D eigenvalue weighted by Gasteiger charge is 2.26. The van der Waals surface area contributed by atoms with Gasteiger partial charge in [-0.2, -0.15) is 0 Å². The minimum atomic E-state index is 0.743. The van der Waals surface area contributed by atoms with Crippen molar-refractivity contribution in [2.75, 3.05) is 40.4 Å². The highest BCUT2D eigenvalue weighted by atomic mass is 16.5. The van der Waals surface area contributed by atoms with Crippen LogP contribution in [0.5, 0.6) is 23.0 Å². The molecule has 1 heterocycles. The van der Waals surface area contributed by atoms with Gasteiger partial charge in [-0.1, -0.05) is 13.3 Å². The zero-order valence-electron chi connectivity index (χ0n) is 18.6. The number of methoxy groups -OCH3 is 4. The molecule has 0 saturated carbocycles. The average Bonchev–Trinajstić information content (AvgIpc) is 2.77. The number of anilines is 1. The Kier molecular flexibility index (Phi) is 5.37. The maximum atomic E-state index is 5.63. The molecular formula is C25H29NO4. The molecule has 0 unspecified atom stereocenters. The molecule has 0 bridgehead atoms. The number of fused-ring (bicyclic) bond motifs is 5. The first-order valence-corrected chi connectivity index (χ1v) is 10.2. The van der Waals surface area contributed by atoms with Gasteiger partial charge in [0.1, 0.15) is 0 Å². The first-order chi connectivity index (χ1) is 14.6. The third-order valence-electron chi connectivity index (χ3n) is 5.91. The van der Waals surface area contributed by atoms with Crippen LogP contribution in [-0.2, 0) is 13.0 Å². The van der Waals surface area contributed by atoms with Crippen molar-refractivity contribution in [2.24, 2.45) is 0 Å².